The molecule has 0 aliphatic carbocycles. The van der Waals surface area contributed by atoms with Crippen LogP contribution in [-0.4, -0.2) is 39.9 Å². The molecule has 2 aromatic rings. The van der Waals surface area contributed by atoms with Crippen LogP contribution in [0.25, 0.3) is 10.8 Å². The van der Waals surface area contributed by atoms with Gasteiger partial charge in [-0.15, -0.1) is 0 Å². The lowest BCUT2D eigenvalue weighted by atomic mass is 9.94. The lowest BCUT2D eigenvalue weighted by Crippen LogP contribution is -2.46. The van der Waals surface area contributed by atoms with Gasteiger partial charge in [-0.05, 0) is 19.8 Å². The van der Waals surface area contributed by atoms with Gasteiger partial charge in [-0.3, -0.25) is 0 Å². The van der Waals surface area contributed by atoms with E-state index in [1.54, 1.807) is 6.07 Å². The van der Waals surface area contributed by atoms with E-state index in [4.69, 9.17) is 0 Å². The maximum Gasteiger partial charge on any atom is 0.337 e. The minimum atomic E-state index is -0.976. The van der Waals surface area contributed by atoms with Crippen molar-refractivity contribution in [3.05, 3.63) is 36.0 Å². The second kappa shape index (κ2) is 5.00. The first-order chi connectivity index (χ1) is 9.98. The van der Waals surface area contributed by atoms with Gasteiger partial charge in [0, 0.05) is 30.1 Å². The number of hydrogen-bond acceptors (Lipinski definition) is 4. The minimum Gasteiger partial charge on any atom is -0.478 e. The summed E-state index contributed by atoms with van der Waals surface area (Å²) in [6.07, 6.45) is 3.07. The van der Waals surface area contributed by atoms with Gasteiger partial charge in [0.2, 0.25) is 0 Å². The van der Waals surface area contributed by atoms with Crippen molar-refractivity contribution in [3.63, 3.8) is 0 Å². The number of carboxylic acid groups (broad SMARTS) is 1. The topological polar surface area (TPSA) is 73.7 Å². The molecule has 21 heavy (non-hydrogen) atoms. The van der Waals surface area contributed by atoms with Gasteiger partial charge in [-0.1, -0.05) is 24.3 Å². The predicted molar refractivity (Wildman–Crippen MR) is 80.8 cm³/mol. The molecule has 5 heteroatoms. The number of aliphatic hydroxyl groups is 1. The van der Waals surface area contributed by atoms with Gasteiger partial charge in [0.05, 0.1) is 11.2 Å². The average Bonchev–Trinajstić information content (AvgIpc) is 2.44. The van der Waals surface area contributed by atoms with Crippen LogP contribution in [0.3, 0.4) is 0 Å². The molecule has 1 saturated heterocycles. The average molecular weight is 286 g/mol. The number of anilines is 1. The summed E-state index contributed by atoms with van der Waals surface area (Å²) < 4.78 is 0. The van der Waals surface area contributed by atoms with E-state index in [1.165, 1.54) is 6.20 Å². The fraction of sp³-hybridized carbons (Fsp3) is 0.375. The highest BCUT2D eigenvalue weighted by atomic mass is 16.4. The third-order valence-corrected chi connectivity index (χ3v) is 3.98. The van der Waals surface area contributed by atoms with E-state index in [1.807, 2.05) is 30.0 Å². The molecule has 1 atom stereocenters. The highest BCUT2D eigenvalue weighted by Crippen LogP contribution is 2.31. The highest BCUT2D eigenvalue weighted by molar-refractivity contribution is 6.06. The standard InChI is InChI=1S/C16H18N2O3/c1-16(21)7-4-8-18(10-16)14-12-6-3-2-5-11(12)13(9-17-14)15(19)20/h2-3,5-6,9,21H,4,7-8,10H2,1H3,(H,19,20). The highest BCUT2D eigenvalue weighted by Gasteiger charge is 2.30. The van der Waals surface area contributed by atoms with Crippen LogP contribution in [0.5, 0.6) is 0 Å². The molecule has 2 heterocycles. The Morgan fingerprint density at radius 1 is 1.33 bits per heavy atom. The number of β-amino-alcohol motifs (C(OH)–C–C–N with tert-alkyl or cyclic N) is 1. The molecule has 5 nitrogen and oxygen atoms in total. The number of rotatable bonds is 2. The molecular formula is C16H18N2O3. The summed E-state index contributed by atoms with van der Waals surface area (Å²) in [7, 11) is 0. The molecule has 0 saturated carbocycles. The lowest BCUT2D eigenvalue weighted by Gasteiger charge is -2.38. The number of benzene rings is 1. The third kappa shape index (κ3) is 2.56. The van der Waals surface area contributed by atoms with Crippen molar-refractivity contribution in [2.75, 3.05) is 18.0 Å². The molecule has 1 aromatic heterocycles. The molecule has 0 spiro atoms. The molecule has 1 aromatic carbocycles. The Kier molecular flexibility index (Phi) is 3.29. The van der Waals surface area contributed by atoms with Gasteiger partial charge in [-0.2, -0.15) is 0 Å². The molecule has 110 valence electrons. The third-order valence-electron chi connectivity index (χ3n) is 3.98. The van der Waals surface area contributed by atoms with Gasteiger partial charge >= 0.3 is 5.97 Å². The van der Waals surface area contributed by atoms with Crippen LogP contribution in [0.1, 0.15) is 30.1 Å². The first-order valence-electron chi connectivity index (χ1n) is 7.06. The Morgan fingerprint density at radius 2 is 2.05 bits per heavy atom. The first-order valence-corrected chi connectivity index (χ1v) is 7.06. The summed E-state index contributed by atoms with van der Waals surface area (Å²) in [5.41, 5.74) is -0.523. The van der Waals surface area contributed by atoms with Gasteiger partial charge in [0.1, 0.15) is 5.82 Å². The van der Waals surface area contributed by atoms with Gasteiger partial charge < -0.3 is 15.1 Å². The summed E-state index contributed by atoms with van der Waals surface area (Å²) in [5.74, 6) is -0.230. The second-order valence-corrected chi connectivity index (χ2v) is 5.87. The zero-order valence-corrected chi connectivity index (χ0v) is 11.9. The van der Waals surface area contributed by atoms with E-state index in [2.05, 4.69) is 4.98 Å². The lowest BCUT2D eigenvalue weighted by molar-refractivity contribution is 0.0447. The van der Waals surface area contributed by atoms with Crippen LogP contribution in [0.2, 0.25) is 0 Å². The van der Waals surface area contributed by atoms with E-state index in [0.717, 1.165) is 30.6 Å². The number of carbonyl (C=O) groups is 1. The van der Waals surface area contributed by atoms with Crippen molar-refractivity contribution in [1.29, 1.82) is 0 Å². The van der Waals surface area contributed by atoms with E-state index in [0.29, 0.717) is 11.9 Å². The van der Waals surface area contributed by atoms with Crippen molar-refractivity contribution in [1.82, 2.24) is 4.98 Å². The van der Waals surface area contributed by atoms with Crippen LogP contribution in [0, 0.1) is 0 Å². The Bertz CT molecular complexity index is 697. The van der Waals surface area contributed by atoms with Crippen LogP contribution in [0.4, 0.5) is 5.82 Å². The van der Waals surface area contributed by atoms with Crippen molar-refractivity contribution in [3.8, 4) is 0 Å². The Labute approximate surface area is 122 Å². The normalized spacial score (nSPS) is 22.5. The van der Waals surface area contributed by atoms with Crippen LogP contribution >= 0.6 is 0 Å². The molecule has 3 rings (SSSR count). The molecule has 0 amide bonds. The molecule has 1 aliphatic rings. The van der Waals surface area contributed by atoms with Crippen molar-refractivity contribution < 1.29 is 15.0 Å². The van der Waals surface area contributed by atoms with Gasteiger partial charge in [0.15, 0.2) is 0 Å². The van der Waals surface area contributed by atoms with E-state index in [9.17, 15) is 15.0 Å². The Balaban J connectivity index is 2.12. The fourth-order valence-corrected chi connectivity index (χ4v) is 3.00. The smallest absolute Gasteiger partial charge is 0.337 e. The zero-order valence-electron chi connectivity index (χ0n) is 11.9. The molecule has 1 fully saturated rings. The summed E-state index contributed by atoms with van der Waals surface area (Å²) in [6.45, 7) is 3.16. The molecule has 0 radical (unpaired) electrons. The summed E-state index contributed by atoms with van der Waals surface area (Å²) in [4.78, 5) is 17.7. The molecular weight excluding hydrogens is 268 g/mol. The number of aromatic nitrogens is 1. The summed E-state index contributed by atoms with van der Waals surface area (Å²) in [6, 6.07) is 7.38. The van der Waals surface area contributed by atoms with Crippen molar-refractivity contribution >= 4 is 22.6 Å². The monoisotopic (exact) mass is 286 g/mol. The van der Waals surface area contributed by atoms with Crippen LogP contribution in [-0.2, 0) is 0 Å². The number of hydrogen-bond donors (Lipinski definition) is 2. The SMILES string of the molecule is CC1(O)CCCN(c2ncc(C(=O)O)c3ccccc23)C1. The minimum absolute atomic E-state index is 0.207. The quantitative estimate of drug-likeness (QED) is 0.886. The maximum absolute atomic E-state index is 11.3. The number of carboxylic acids is 1. The molecule has 1 aliphatic heterocycles. The summed E-state index contributed by atoms with van der Waals surface area (Å²) >= 11 is 0. The van der Waals surface area contributed by atoms with E-state index >= 15 is 0 Å². The predicted octanol–water partition coefficient (Wildman–Crippen LogP) is 2.28. The molecule has 2 N–H and O–H groups in total. The fourth-order valence-electron chi connectivity index (χ4n) is 3.00. The van der Waals surface area contributed by atoms with Crippen molar-refractivity contribution in [2.24, 2.45) is 0 Å². The maximum atomic E-state index is 11.3. The number of nitrogens with zero attached hydrogens (tertiary/aromatic N) is 2. The number of piperidine rings is 1. The second-order valence-electron chi connectivity index (χ2n) is 5.87. The Morgan fingerprint density at radius 3 is 2.71 bits per heavy atom. The van der Waals surface area contributed by atoms with Crippen LogP contribution in [0.15, 0.2) is 30.5 Å². The van der Waals surface area contributed by atoms with Crippen molar-refractivity contribution in [2.45, 2.75) is 25.4 Å². The van der Waals surface area contributed by atoms with E-state index < -0.39 is 11.6 Å². The Hall–Kier alpha value is -2.14. The van der Waals surface area contributed by atoms with E-state index in [-0.39, 0.29) is 5.56 Å². The first kappa shape index (κ1) is 13.8. The summed E-state index contributed by atoms with van der Waals surface area (Å²) in [5, 5.41) is 21.0. The number of pyridine rings is 1. The zero-order chi connectivity index (χ0) is 15.0. The number of aromatic carboxylic acids is 1. The number of fused-ring (bicyclic) bond motifs is 1. The molecule has 0 bridgehead atoms. The van der Waals surface area contributed by atoms with Crippen LogP contribution < -0.4 is 4.90 Å². The molecule has 1 unspecified atom stereocenters. The largest absolute Gasteiger partial charge is 0.478 e. The van der Waals surface area contributed by atoms with Gasteiger partial charge in [-0.25, -0.2) is 9.78 Å². The van der Waals surface area contributed by atoms with Gasteiger partial charge in [0.25, 0.3) is 0 Å².